The number of rotatable bonds is 4. The van der Waals surface area contributed by atoms with Crippen molar-refractivity contribution in [2.24, 2.45) is 5.92 Å². The van der Waals surface area contributed by atoms with E-state index < -0.39 is 10.0 Å². The van der Waals surface area contributed by atoms with Gasteiger partial charge in [0.05, 0.1) is 11.4 Å². The van der Waals surface area contributed by atoms with Gasteiger partial charge in [-0.3, -0.25) is 9.89 Å². The molecule has 1 saturated heterocycles. The van der Waals surface area contributed by atoms with Crippen LogP contribution in [0.2, 0.25) is 0 Å². The van der Waals surface area contributed by atoms with E-state index in [-0.39, 0.29) is 16.7 Å². The number of carbonyl (C=O) groups is 1. The Hall–Kier alpha value is -2.19. The quantitative estimate of drug-likeness (QED) is 0.839. The number of benzene rings is 1. The summed E-state index contributed by atoms with van der Waals surface area (Å²) >= 11 is 0. The molecule has 0 radical (unpaired) electrons. The Morgan fingerprint density at radius 1 is 1.19 bits per heavy atom. The van der Waals surface area contributed by atoms with Crippen LogP contribution in [0.25, 0.3) is 0 Å². The molecule has 0 unspecified atom stereocenters. The average molecular weight is 391 g/mol. The van der Waals surface area contributed by atoms with Gasteiger partial charge in [0.15, 0.2) is 0 Å². The van der Waals surface area contributed by atoms with Crippen molar-refractivity contribution >= 4 is 21.6 Å². The Bertz CT molecular complexity index is 938. The number of aromatic amines is 1. The highest BCUT2D eigenvalue weighted by molar-refractivity contribution is 7.89. The molecule has 3 rings (SSSR count). The molecule has 1 fully saturated rings. The van der Waals surface area contributed by atoms with Gasteiger partial charge in [-0.25, -0.2) is 8.42 Å². The normalized spacial score (nSPS) is 16.4. The minimum absolute atomic E-state index is 0.0450. The SMILES string of the molecule is Cc1ccc(C)c(NC(=O)C2CCN(S(=O)(=O)c3c(C)n[nH]c3C)CC2)c1. The zero-order valence-corrected chi connectivity index (χ0v) is 17.0. The fourth-order valence-electron chi connectivity index (χ4n) is 3.51. The number of H-pyrrole nitrogens is 1. The van der Waals surface area contributed by atoms with E-state index in [4.69, 9.17) is 0 Å². The highest BCUT2D eigenvalue weighted by atomic mass is 32.2. The second-order valence-electron chi connectivity index (χ2n) is 7.25. The number of sulfonamides is 1. The van der Waals surface area contributed by atoms with Crippen LogP contribution in [0.15, 0.2) is 23.1 Å². The number of carbonyl (C=O) groups excluding carboxylic acids is 1. The van der Waals surface area contributed by atoms with E-state index in [1.165, 1.54) is 4.31 Å². The molecule has 27 heavy (non-hydrogen) atoms. The Morgan fingerprint density at radius 3 is 2.44 bits per heavy atom. The van der Waals surface area contributed by atoms with Crippen molar-refractivity contribution in [1.82, 2.24) is 14.5 Å². The zero-order valence-electron chi connectivity index (χ0n) is 16.2. The van der Waals surface area contributed by atoms with Crippen molar-refractivity contribution in [3.8, 4) is 0 Å². The second-order valence-corrected chi connectivity index (χ2v) is 9.12. The van der Waals surface area contributed by atoms with Gasteiger partial charge in [0.2, 0.25) is 15.9 Å². The van der Waals surface area contributed by atoms with Gasteiger partial charge in [-0.2, -0.15) is 9.40 Å². The van der Waals surface area contributed by atoms with Crippen LogP contribution in [-0.2, 0) is 14.8 Å². The molecule has 2 N–H and O–H groups in total. The Morgan fingerprint density at radius 2 is 1.85 bits per heavy atom. The molecule has 0 bridgehead atoms. The standard InChI is InChI=1S/C19H26N4O3S/c1-12-5-6-13(2)17(11-12)20-19(24)16-7-9-23(10-8-16)27(25,26)18-14(3)21-22-15(18)4/h5-6,11,16H,7-10H2,1-4H3,(H,20,24)(H,21,22). The van der Waals surface area contributed by atoms with Crippen molar-refractivity contribution in [2.75, 3.05) is 18.4 Å². The smallest absolute Gasteiger partial charge is 0.246 e. The monoisotopic (exact) mass is 390 g/mol. The lowest BCUT2D eigenvalue weighted by Crippen LogP contribution is -2.41. The highest BCUT2D eigenvalue weighted by Gasteiger charge is 2.34. The number of piperidine rings is 1. The molecule has 2 heterocycles. The number of anilines is 1. The molecule has 2 aromatic rings. The van der Waals surface area contributed by atoms with Gasteiger partial charge in [0.1, 0.15) is 4.90 Å². The van der Waals surface area contributed by atoms with Gasteiger partial charge in [0.25, 0.3) is 0 Å². The van der Waals surface area contributed by atoms with Crippen LogP contribution >= 0.6 is 0 Å². The summed E-state index contributed by atoms with van der Waals surface area (Å²) in [5.41, 5.74) is 3.94. The average Bonchev–Trinajstić information content (AvgIpc) is 2.97. The van der Waals surface area contributed by atoms with Crippen LogP contribution in [0.1, 0.15) is 35.4 Å². The van der Waals surface area contributed by atoms with E-state index in [0.717, 1.165) is 16.8 Å². The van der Waals surface area contributed by atoms with Crippen molar-refractivity contribution in [3.63, 3.8) is 0 Å². The molecule has 0 saturated carbocycles. The molecule has 8 heteroatoms. The fourth-order valence-corrected chi connectivity index (χ4v) is 5.31. The molecule has 1 aromatic carbocycles. The number of nitrogens with one attached hydrogen (secondary N) is 2. The van der Waals surface area contributed by atoms with Crippen LogP contribution in [0.3, 0.4) is 0 Å². The molecular formula is C19H26N4O3S. The van der Waals surface area contributed by atoms with E-state index in [1.807, 2.05) is 32.0 Å². The van der Waals surface area contributed by atoms with Crippen LogP contribution in [0.5, 0.6) is 0 Å². The molecule has 1 aliphatic heterocycles. The van der Waals surface area contributed by atoms with Gasteiger partial charge >= 0.3 is 0 Å². The third-order valence-corrected chi connectivity index (χ3v) is 7.30. The van der Waals surface area contributed by atoms with Crippen molar-refractivity contribution in [1.29, 1.82) is 0 Å². The van der Waals surface area contributed by atoms with Crippen molar-refractivity contribution in [3.05, 3.63) is 40.7 Å². The number of amides is 1. The number of nitrogens with zero attached hydrogens (tertiary/aromatic N) is 2. The molecular weight excluding hydrogens is 364 g/mol. The number of hydrogen-bond acceptors (Lipinski definition) is 4. The lowest BCUT2D eigenvalue weighted by molar-refractivity contribution is -0.120. The fraction of sp³-hybridized carbons (Fsp3) is 0.474. The molecule has 0 aliphatic carbocycles. The first kappa shape index (κ1) is 19.6. The summed E-state index contributed by atoms with van der Waals surface area (Å²) in [5.74, 6) is -0.237. The minimum atomic E-state index is -3.59. The maximum Gasteiger partial charge on any atom is 0.246 e. The predicted molar refractivity (Wildman–Crippen MR) is 104 cm³/mol. The van der Waals surface area contributed by atoms with E-state index in [2.05, 4.69) is 15.5 Å². The van der Waals surface area contributed by atoms with Gasteiger partial charge in [-0.05, 0) is 57.7 Å². The van der Waals surface area contributed by atoms with Crippen LogP contribution in [0, 0.1) is 33.6 Å². The van der Waals surface area contributed by atoms with E-state index in [0.29, 0.717) is 37.3 Å². The molecule has 1 amide bonds. The van der Waals surface area contributed by atoms with Gasteiger partial charge < -0.3 is 5.32 Å². The summed E-state index contributed by atoms with van der Waals surface area (Å²) < 4.78 is 27.3. The summed E-state index contributed by atoms with van der Waals surface area (Å²) in [6.45, 7) is 7.99. The number of aryl methyl sites for hydroxylation is 4. The van der Waals surface area contributed by atoms with Crippen LogP contribution in [-0.4, -0.2) is 41.9 Å². The first-order valence-corrected chi connectivity index (χ1v) is 10.5. The predicted octanol–water partition coefficient (Wildman–Crippen LogP) is 2.68. The van der Waals surface area contributed by atoms with Crippen LogP contribution in [0.4, 0.5) is 5.69 Å². The molecule has 146 valence electrons. The Balaban J connectivity index is 1.66. The second kappa shape index (κ2) is 7.44. The van der Waals surface area contributed by atoms with E-state index in [9.17, 15) is 13.2 Å². The van der Waals surface area contributed by atoms with Crippen LogP contribution < -0.4 is 5.32 Å². The third kappa shape index (κ3) is 3.91. The third-order valence-electron chi connectivity index (χ3n) is 5.13. The number of aromatic nitrogens is 2. The number of hydrogen-bond donors (Lipinski definition) is 2. The Labute approximate surface area is 160 Å². The highest BCUT2D eigenvalue weighted by Crippen LogP contribution is 2.27. The molecule has 0 atom stereocenters. The van der Waals surface area contributed by atoms with Gasteiger partial charge in [-0.1, -0.05) is 12.1 Å². The first-order valence-electron chi connectivity index (χ1n) is 9.10. The summed E-state index contributed by atoms with van der Waals surface area (Å²) in [4.78, 5) is 12.9. The lowest BCUT2D eigenvalue weighted by Gasteiger charge is -2.30. The molecule has 7 nitrogen and oxygen atoms in total. The minimum Gasteiger partial charge on any atom is -0.326 e. The maximum atomic E-state index is 12.9. The maximum absolute atomic E-state index is 12.9. The summed E-state index contributed by atoms with van der Waals surface area (Å²) in [5, 5.41) is 9.71. The van der Waals surface area contributed by atoms with Crippen molar-refractivity contribution in [2.45, 2.75) is 45.4 Å². The van der Waals surface area contributed by atoms with Gasteiger partial charge in [-0.15, -0.1) is 0 Å². The van der Waals surface area contributed by atoms with E-state index >= 15 is 0 Å². The molecule has 0 spiro atoms. The molecule has 1 aromatic heterocycles. The van der Waals surface area contributed by atoms with Gasteiger partial charge in [0, 0.05) is 24.7 Å². The zero-order chi connectivity index (χ0) is 19.8. The summed E-state index contributed by atoms with van der Waals surface area (Å²) in [6, 6.07) is 5.95. The largest absolute Gasteiger partial charge is 0.326 e. The first-order chi connectivity index (χ1) is 12.7. The van der Waals surface area contributed by atoms with Crippen molar-refractivity contribution < 1.29 is 13.2 Å². The lowest BCUT2D eigenvalue weighted by atomic mass is 9.97. The Kier molecular flexibility index (Phi) is 5.39. The van der Waals surface area contributed by atoms with E-state index in [1.54, 1.807) is 13.8 Å². The topological polar surface area (TPSA) is 95.2 Å². The summed E-state index contributed by atoms with van der Waals surface area (Å²) in [7, 11) is -3.59. The molecule has 1 aliphatic rings. The summed E-state index contributed by atoms with van der Waals surface area (Å²) in [6.07, 6.45) is 1.01.